The van der Waals surface area contributed by atoms with Crippen LogP contribution in [0, 0.1) is 0 Å². The molecule has 0 saturated carbocycles. The van der Waals surface area contributed by atoms with Gasteiger partial charge in [-0.2, -0.15) is 0 Å². The maximum atomic E-state index is 12.9. The van der Waals surface area contributed by atoms with Crippen LogP contribution in [0.2, 0.25) is 0 Å². The molecule has 0 unspecified atom stereocenters. The lowest BCUT2D eigenvalue weighted by atomic mass is 10.2. The molecule has 0 aliphatic rings. The van der Waals surface area contributed by atoms with Crippen LogP contribution in [0.5, 0.6) is 17.2 Å². The summed E-state index contributed by atoms with van der Waals surface area (Å²) < 4.78 is 37.9. The third kappa shape index (κ3) is 5.62. The predicted octanol–water partition coefficient (Wildman–Crippen LogP) is 5.56. The van der Waals surface area contributed by atoms with Crippen molar-refractivity contribution in [3.8, 4) is 17.2 Å². The summed E-state index contributed by atoms with van der Waals surface area (Å²) in [5.41, 5.74) is 1.44. The number of amides is 1. The lowest BCUT2D eigenvalue weighted by Crippen LogP contribution is -2.26. The summed E-state index contributed by atoms with van der Waals surface area (Å²) in [6.07, 6.45) is 0. The second-order valence-corrected chi connectivity index (χ2v) is 9.56. The van der Waals surface area contributed by atoms with Gasteiger partial charge in [-0.25, -0.2) is 8.42 Å². The van der Waals surface area contributed by atoms with E-state index in [4.69, 9.17) is 9.47 Å². The van der Waals surface area contributed by atoms with Crippen molar-refractivity contribution in [1.82, 2.24) is 0 Å². The molecule has 4 aromatic rings. The smallest absolute Gasteiger partial charge is 0.264 e. The number of hydrogen-bond donors (Lipinski definition) is 1. The van der Waals surface area contributed by atoms with Crippen LogP contribution in [-0.4, -0.2) is 28.5 Å². The number of carbonyl (C=O) groups excluding carboxylic acids is 1. The first-order chi connectivity index (χ1) is 16.9. The first-order valence-corrected chi connectivity index (χ1v) is 12.2. The summed E-state index contributed by atoms with van der Waals surface area (Å²) in [6.45, 7) is 0. The highest BCUT2D eigenvalue weighted by atomic mass is 32.2. The summed E-state index contributed by atoms with van der Waals surface area (Å²) in [5.74, 6) is 1.64. The molecule has 0 aliphatic carbocycles. The Morgan fingerprint density at radius 1 is 0.743 bits per heavy atom. The Balaban J connectivity index is 1.41. The first-order valence-electron chi connectivity index (χ1n) is 10.7. The molecule has 0 fully saturated rings. The van der Waals surface area contributed by atoms with Gasteiger partial charge in [-0.3, -0.25) is 9.10 Å². The molecular formula is C27H24N2O5S. The van der Waals surface area contributed by atoms with E-state index in [0.717, 1.165) is 5.75 Å². The summed E-state index contributed by atoms with van der Waals surface area (Å²) in [7, 11) is -0.777. The normalized spacial score (nSPS) is 10.9. The molecule has 7 nitrogen and oxygen atoms in total. The molecule has 0 atom stereocenters. The molecule has 1 amide bonds. The zero-order valence-corrected chi connectivity index (χ0v) is 20.0. The van der Waals surface area contributed by atoms with Gasteiger partial charge in [-0.1, -0.05) is 18.2 Å². The highest BCUT2D eigenvalue weighted by Gasteiger charge is 2.21. The topological polar surface area (TPSA) is 84.9 Å². The highest BCUT2D eigenvalue weighted by molar-refractivity contribution is 7.92. The number of methoxy groups -OCH3 is 1. The van der Waals surface area contributed by atoms with Crippen molar-refractivity contribution in [2.24, 2.45) is 0 Å². The zero-order chi connectivity index (χ0) is 24.8. The molecule has 4 aromatic carbocycles. The first kappa shape index (κ1) is 23.8. The van der Waals surface area contributed by atoms with E-state index in [1.807, 2.05) is 30.3 Å². The van der Waals surface area contributed by atoms with E-state index in [9.17, 15) is 13.2 Å². The Bertz CT molecular complexity index is 1390. The molecule has 0 bridgehead atoms. The molecule has 0 heterocycles. The minimum absolute atomic E-state index is 0.141. The number of benzene rings is 4. The van der Waals surface area contributed by atoms with E-state index in [1.54, 1.807) is 60.7 Å². The molecule has 4 rings (SSSR count). The van der Waals surface area contributed by atoms with Crippen molar-refractivity contribution in [3.63, 3.8) is 0 Å². The van der Waals surface area contributed by atoms with Crippen LogP contribution in [-0.2, 0) is 10.0 Å². The van der Waals surface area contributed by atoms with Crippen molar-refractivity contribution in [1.29, 1.82) is 0 Å². The van der Waals surface area contributed by atoms with Gasteiger partial charge in [0.2, 0.25) is 0 Å². The molecule has 0 radical (unpaired) electrons. The van der Waals surface area contributed by atoms with Gasteiger partial charge in [-0.05, 0) is 84.9 Å². The second kappa shape index (κ2) is 10.3. The van der Waals surface area contributed by atoms with Crippen molar-refractivity contribution in [3.05, 3.63) is 109 Å². The lowest BCUT2D eigenvalue weighted by molar-refractivity contribution is 0.102. The number of hydrogen-bond acceptors (Lipinski definition) is 5. The van der Waals surface area contributed by atoms with Crippen molar-refractivity contribution in [2.75, 3.05) is 23.8 Å². The average molecular weight is 489 g/mol. The van der Waals surface area contributed by atoms with Gasteiger partial charge in [0.15, 0.2) is 0 Å². The van der Waals surface area contributed by atoms with E-state index in [0.29, 0.717) is 28.4 Å². The number of nitrogens with zero attached hydrogens (tertiary/aromatic N) is 1. The Kier molecular flexibility index (Phi) is 7.03. The largest absolute Gasteiger partial charge is 0.497 e. The molecular weight excluding hydrogens is 464 g/mol. The van der Waals surface area contributed by atoms with Crippen LogP contribution in [0.3, 0.4) is 0 Å². The number of anilines is 2. The summed E-state index contributed by atoms with van der Waals surface area (Å²) in [6, 6.07) is 29.0. The lowest BCUT2D eigenvalue weighted by Gasteiger charge is -2.20. The van der Waals surface area contributed by atoms with Crippen LogP contribution >= 0.6 is 0 Å². The number of ether oxygens (including phenoxy) is 2. The maximum absolute atomic E-state index is 12.9. The van der Waals surface area contributed by atoms with Gasteiger partial charge in [-0.15, -0.1) is 0 Å². The van der Waals surface area contributed by atoms with Crippen LogP contribution in [0.4, 0.5) is 11.4 Å². The van der Waals surface area contributed by atoms with E-state index >= 15 is 0 Å². The van der Waals surface area contributed by atoms with E-state index < -0.39 is 10.0 Å². The minimum Gasteiger partial charge on any atom is -0.497 e. The van der Waals surface area contributed by atoms with E-state index in [-0.39, 0.29) is 10.8 Å². The number of sulfonamides is 1. The minimum atomic E-state index is -3.76. The predicted molar refractivity (Wildman–Crippen MR) is 136 cm³/mol. The Hall–Kier alpha value is -4.30. The van der Waals surface area contributed by atoms with Gasteiger partial charge >= 0.3 is 0 Å². The molecule has 8 heteroatoms. The number of carbonyl (C=O) groups is 1. The molecule has 35 heavy (non-hydrogen) atoms. The molecule has 178 valence electrons. The van der Waals surface area contributed by atoms with Gasteiger partial charge in [0.05, 0.1) is 17.7 Å². The molecule has 1 N–H and O–H groups in total. The quantitative estimate of drug-likeness (QED) is 0.351. The number of para-hydroxylation sites is 1. The van der Waals surface area contributed by atoms with Crippen LogP contribution < -0.4 is 19.1 Å². The molecule has 0 aromatic heterocycles. The molecule has 0 saturated heterocycles. The summed E-state index contributed by atoms with van der Waals surface area (Å²) in [4.78, 5) is 12.8. The van der Waals surface area contributed by atoms with E-state index in [1.165, 1.54) is 30.6 Å². The standard InChI is InChI=1S/C27H24N2O5S/c1-29(35(31,32)26-18-16-23(33-2)17-19-26)22-12-8-20(9-13-22)27(30)28-21-10-14-25(15-11-21)34-24-6-4-3-5-7-24/h3-19H,1-2H3,(H,28,30). The fourth-order valence-corrected chi connectivity index (χ4v) is 4.50. The monoisotopic (exact) mass is 488 g/mol. The summed E-state index contributed by atoms with van der Waals surface area (Å²) >= 11 is 0. The zero-order valence-electron chi connectivity index (χ0n) is 19.2. The number of nitrogens with one attached hydrogen (secondary N) is 1. The summed E-state index contributed by atoms with van der Waals surface area (Å²) in [5, 5.41) is 2.83. The van der Waals surface area contributed by atoms with E-state index in [2.05, 4.69) is 5.32 Å². The van der Waals surface area contributed by atoms with Gasteiger partial charge in [0.25, 0.3) is 15.9 Å². The van der Waals surface area contributed by atoms with Crippen molar-refractivity contribution in [2.45, 2.75) is 4.90 Å². The third-order valence-corrected chi connectivity index (χ3v) is 7.10. The molecule has 0 spiro atoms. The van der Waals surface area contributed by atoms with Crippen molar-refractivity contribution < 1.29 is 22.7 Å². The second-order valence-electron chi connectivity index (χ2n) is 7.59. The van der Waals surface area contributed by atoms with Gasteiger partial charge in [0.1, 0.15) is 17.2 Å². The fraction of sp³-hybridized carbons (Fsp3) is 0.0741. The molecule has 0 aliphatic heterocycles. The number of rotatable bonds is 8. The fourth-order valence-electron chi connectivity index (χ4n) is 3.30. The Morgan fingerprint density at radius 2 is 1.31 bits per heavy atom. The SMILES string of the molecule is COc1ccc(S(=O)(=O)N(C)c2ccc(C(=O)Nc3ccc(Oc4ccccc4)cc3)cc2)cc1. The highest BCUT2D eigenvalue weighted by Crippen LogP contribution is 2.25. The van der Waals surface area contributed by atoms with Crippen LogP contribution in [0.15, 0.2) is 108 Å². The Labute approximate surface area is 204 Å². The van der Waals surface area contributed by atoms with Crippen molar-refractivity contribution >= 4 is 27.3 Å². The van der Waals surface area contributed by atoms with Crippen LogP contribution in [0.1, 0.15) is 10.4 Å². The van der Waals surface area contributed by atoms with Crippen LogP contribution in [0.25, 0.3) is 0 Å². The Morgan fingerprint density at radius 3 is 1.91 bits per heavy atom. The van der Waals surface area contributed by atoms with Gasteiger partial charge < -0.3 is 14.8 Å². The third-order valence-electron chi connectivity index (χ3n) is 5.30. The average Bonchev–Trinajstić information content (AvgIpc) is 2.90. The van der Waals surface area contributed by atoms with Gasteiger partial charge in [0, 0.05) is 18.3 Å². The maximum Gasteiger partial charge on any atom is 0.264 e.